The van der Waals surface area contributed by atoms with Gasteiger partial charge in [-0.1, -0.05) is 0 Å². The van der Waals surface area contributed by atoms with E-state index in [0.29, 0.717) is 16.9 Å². The highest BCUT2D eigenvalue weighted by Crippen LogP contribution is 2.46. The van der Waals surface area contributed by atoms with E-state index < -0.39 is 6.29 Å². The number of Topliss-reactive ketones (excluding diaryl/α,β-unsaturated/α-hetero) is 1. The lowest BCUT2D eigenvalue weighted by Crippen LogP contribution is -2.26. The van der Waals surface area contributed by atoms with Gasteiger partial charge in [-0.05, 0) is 24.3 Å². The number of ether oxygens (including phenoxy) is 4. The molecule has 0 bridgehead atoms. The molecule has 1 aliphatic rings. The van der Waals surface area contributed by atoms with Crippen LogP contribution < -0.4 is 29.6 Å². The summed E-state index contributed by atoms with van der Waals surface area (Å²) < 4.78 is 47.2. The lowest BCUT2D eigenvalue weighted by Gasteiger charge is -2.14. The normalized spacial score (nSPS) is 13.6. The minimum atomic E-state index is -3.82. The first-order chi connectivity index (χ1) is 16.3. The van der Waals surface area contributed by atoms with E-state index in [9.17, 15) is 13.6 Å². The van der Waals surface area contributed by atoms with Crippen molar-refractivity contribution in [3.8, 4) is 23.0 Å². The van der Waals surface area contributed by atoms with Gasteiger partial charge in [0.15, 0.2) is 17.3 Å². The number of hydrogen-bond donors (Lipinski definition) is 3. The van der Waals surface area contributed by atoms with Gasteiger partial charge < -0.3 is 34.7 Å². The summed E-state index contributed by atoms with van der Waals surface area (Å²) in [6, 6.07) is 8.10. The summed E-state index contributed by atoms with van der Waals surface area (Å²) in [4.78, 5) is 20.6. The molecule has 2 heterocycles. The van der Waals surface area contributed by atoms with Gasteiger partial charge in [0.1, 0.15) is 22.8 Å². The lowest BCUT2D eigenvalue weighted by atomic mass is 10.2. The second-order valence-electron chi connectivity index (χ2n) is 7.25. The topological polar surface area (TPSA) is 124 Å². The Bertz CT molecular complexity index is 1220. The zero-order valence-electron chi connectivity index (χ0n) is 18.4. The molecule has 0 unspecified atom stereocenters. The minimum absolute atomic E-state index is 0.0308. The molecule has 0 aliphatic carbocycles. The number of carbonyl (C=O) groups excluding carboxylic acids is 1. The maximum atomic E-state index is 13.7. The fourth-order valence-corrected chi connectivity index (χ4v) is 3.38. The number of nitrogens with one attached hydrogen (secondary N) is 2. The molecular weight excluding hydrogens is 454 g/mol. The summed E-state index contributed by atoms with van der Waals surface area (Å²) >= 11 is 0. The van der Waals surface area contributed by atoms with Crippen LogP contribution in [0.15, 0.2) is 30.3 Å². The fraction of sp³-hybridized carbons (Fsp3) is 0.318. The van der Waals surface area contributed by atoms with E-state index in [1.54, 1.807) is 25.3 Å². The van der Waals surface area contributed by atoms with Gasteiger partial charge >= 0.3 is 6.29 Å². The van der Waals surface area contributed by atoms with Crippen LogP contribution in [0, 0.1) is 0 Å². The molecule has 0 atom stereocenters. The number of carbonyl (C=O) groups is 1. The first-order valence-electron chi connectivity index (χ1n) is 10.3. The molecule has 180 valence electrons. The average molecular weight is 476 g/mol. The Morgan fingerprint density at radius 3 is 2.68 bits per heavy atom. The number of benzene rings is 2. The standard InChI is InChI=1S/C22H22F2N4O6/c1-31-14-4-3-12(17(9-14)32-2)10-26-21-27-18-15(20(28-21)25-11-13(30)7-8-29)5-6-16-19(18)34-22(23,24)33-16/h3-6,9,29H,7-8,10-11H2,1-2H3,(H2,25,26,27,28). The molecule has 0 spiro atoms. The predicted octanol–water partition coefficient (Wildman–Crippen LogP) is 2.94. The number of methoxy groups -OCH3 is 2. The second-order valence-corrected chi connectivity index (χ2v) is 7.25. The molecule has 1 aromatic heterocycles. The van der Waals surface area contributed by atoms with Gasteiger partial charge in [-0.15, -0.1) is 8.78 Å². The predicted molar refractivity (Wildman–Crippen MR) is 118 cm³/mol. The van der Waals surface area contributed by atoms with Crippen molar-refractivity contribution in [2.45, 2.75) is 19.3 Å². The number of aromatic nitrogens is 2. The van der Waals surface area contributed by atoms with E-state index in [1.807, 2.05) is 0 Å². The fourth-order valence-electron chi connectivity index (χ4n) is 3.38. The number of ketones is 1. The van der Waals surface area contributed by atoms with Gasteiger partial charge in [-0.3, -0.25) is 4.79 Å². The first-order valence-corrected chi connectivity index (χ1v) is 10.3. The number of rotatable bonds is 10. The maximum absolute atomic E-state index is 13.7. The Morgan fingerprint density at radius 1 is 1.12 bits per heavy atom. The molecule has 34 heavy (non-hydrogen) atoms. The zero-order valence-corrected chi connectivity index (χ0v) is 18.4. The molecule has 0 fully saturated rings. The average Bonchev–Trinajstić information content (AvgIpc) is 3.15. The van der Waals surface area contributed by atoms with Crippen molar-refractivity contribution >= 4 is 28.5 Å². The summed E-state index contributed by atoms with van der Waals surface area (Å²) in [6.07, 6.45) is -3.85. The summed E-state index contributed by atoms with van der Waals surface area (Å²) in [5, 5.41) is 15.2. The van der Waals surface area contributed by atoms with Crippen LogP contribution in [0.25, 0.3) is 10.9 Å². The number of anilines is 2. The van der Waals surface area contributed by atoms with Crippen LogP contribution in [0.4, 0.5) is 20.5 Å². The van der Waals surface area contributed by atoms with Crippen molar-refractivity contribution < 1.29 is 37.6 Å². The van der Waals surface area contributed by atoms with E-state index >= 15 is 0 Å². The van der Waals surface area contributed by atoms with E-state index in [1.165, 1.54) is 19.2 Å². The molecule has 0 radical (unpaired) electrons. The van der Waals surface area contributed by atoms with Gasteiger partial charge in [-0.2, -0.15) is 4.98 Å². The van der Waals surface area contributed by atoms with E-state index in [4.69, 9.17) is 14.6 Å². The minimum Gasteiger partial charge on any atom is -0.497 e. The summed E-state index contributed by atoms with van der Waals surface area (Å²) in [5.74, 6) is 0.852. The molecule has 3 aromatic rings. The first kappa shape index (κ1) is 23.2. The third-order valence-electron chi connectivity index (χ3n) is 5.01. The van der Waals surface area contributed by atoms with Crippen LogP contribution in [0.2, 0.25) is 0 Å². The van der Waals surface area contributed by atoms with Crippen molar-refractivity contribution in [1.82, 2.24) is 9.97 Å². The molecule has 0 amide bonds. The highest BCUT2D eigenvalue weighted by molar-refractivity contribution is 5.97. The molecule has 0 saturated heterocycles. The third kappa shape index (κ3) is 4.86. The molecule has 12 heteroatoms. The molecule has 0 saturated carbocycles. The van der Waals surface area contributed by atoms with Gasteiger partial charge in [0, 0.05) is 30.0 Å². The Labute approximate surface area is 192 Å². The van der Waals surface area contributed by atoms with Crippen LogP contribution in [-0.2, 0) is 11.3 Å². The summed E-state index contributed by atoms with van der Waals surface area (Å²) in [5.41, 5.74) is 0.843. The Balaban J connectivity index is 1.68. The van der Waals surface area contributed by atoms with Gasteiger partial charge in [0.2, 0.25) is 5.95 Å². The van der Waals surface area contributed by atoms with E-state index in [0.717, 1.165) is 5.56 Å². The van der Waals surface area contributed by atoms with Gasteiger partial charge in [0.05, 0.1) is 27.4 Å². The monoisotopic (exact) mass is 476 g/mol. The van der Waals surface area contributed by atoms with Crippen LogP contribution in [0.3, 0.4) is 0 Å². The zero-order chi connectivity index (χ0) is 24.3. The number of halogens is 2. The second kappa shape index (κ2) is 9.51. The highest BCUT2D eigenvalue weighted by Gasteiger charge is 2.44. The molecule has 1 aliphatic heterocycles. The third-order valence-corrected chi connectivity index (χ3v) is 5.01. The Hall–Kier alpha value is -3.93. The van der Waals surface area contributed by atoms with Gasteiger partial charge in [0.25, 0.3) is 0 Å². The quantitative estimate of drug-likeness (QED) is 0.402. The SMILES string of the molecule is COc1ccc(CNc2nc(NCC(=O)CCO)c3ccc4c(c3n2)OC(F)(F)O4)c(OC)c1. The van der Waals surface area contributed by atoms with Crippen LogP contribution >= 0.6 is 0 Å². The van der Waals surface area contributed by atoms with Crippen molar-refractivity contribution in [2.24, 2.45) is 0 Å². The maximum Gasteiger partial charge on any atom is 0.586 e. The summed E-state index contributed by atoms with van der Waals surface area (Å²) in [7, 11) is 3.07. The van der Waals surface area contributed by atoms with Crippen LogP contribution in [0.5, 0.6) is 23.0 Å². The number of aliphatic hydroxyl groups is 1. The number of alkyl halides is 2. The van der Waals surface area contributed by atoms with E-state index in [2.05, 4.69) is 30.1 Å². The molecule has 3 N–H and O–H groups in total. The lowest BCUT2D eigenvalue weighted by molar-refractivity contribution is -0.286. The number of nitrogens with zero attached hydrogens (tertiary/aromatic N) is 2. The van der Waals surface area contributed by atoms with Crippen LogP contribution in [-0.4, -0.2) is 54.5 Å². The van der Waals surface area contributed by atoms with E-state index in [-0.39, 0.29) is 60.7 Å². The number of hydrogen-bond acceptors (Lipinski definition) is 10. The smallest absolute Gasteiger partial charge is 0.497 e. The van der Waals surface area contributed by atoms with Crippen molar-refractivity contribution in [3.05, 3.63) is 35.9 Å². The Kier molecular flexibility index (Phi) is 6.50. The number of fused-ring (bicyclic) bond motifs is 3. The molecule has 4 rings (SSSR count). The van der Waals surface area contributed by atoms with Crippen molar-refractivity contribution in [1.29, 1.82) is 0 Å². The van der Waals surface area contributed by atoms with Crippen molar-refractivity contribution in [3.63, 3.8) is 0 Å². The number of aliphatic hydroxyl groups excluding tert-OH is 1. The Morgan fingerprint density at radius 2 is 1.94 bits per heavy atom. The largest absolute Gasteiger partial charge is 0.586 e. The van der Waals surface area contributed by atoms with Crippen molar-refractivity contribution in [2.75, 3.05) is 38.0 Å². The van der Waals surface area contributed by atoms with Crippen LogP contribution in [0.1, 0.15) is 12.0 Å². The molecular formula is C22H22F2N4O6. The highest BCUT2D eigenvalue weighted by atomic mass is 19.3. The summed E-state index contributed by atoms with van der Waals surface area (Å²) in [6.45, 7) is -0.164. The molecule has 2 aromatic carbocycles. The molecule has 10 nitrogen and oxygen atoms in total. The van der Waals surface area contributed by atoms with Gasteiger partial charge in [-0.25, -0.2) is 4.98 Å².